The standard InChI is InChI=1S/C14H19NO3S/c1-4-13(16)15-7-8-19-14(15)11-9-10(17-2)5-6-12(11)18-3/h5-6,9,14H,4,7-8H2,1-3H3/t14-/m1/s1. The van der Waals surface area contributed by atoms with E-state index in [1.807, 2.05) is 30.0 Å². The molecule has 1 fully saturated rings. The molecule has 0 aliphatic carbocycles. The van der Waals surface area contributed by atoms with E-state index in [0.29, 0.717) is 6.42 Å². The van der Waals surface area contributed by atoms with E-state index in [2.05, 4.69) is 0 Å². The van der Waals surface area contributed by atoms with Crippen molar-refractivity contribution < 1.29 is 14.3 Å². The Bertz CT molecular complexity index is 464. The van der Waals surface area contributed by atoms with Crippen LogP contribution in [0.25, 0.3) is 0 Å². The number of carbonyl (C=O) groups is 1. The van der Waals surface area contributed by atoms with Gasteiger partial charge in [-0.05, 0) is 18.2 Å². The minimum Gasteiger partial charge on any atom is -0.497 e. The van der Waals surface area contributed by atoms with Gasteiger partial charge in [0.2, 0.25) is 5.91 Å². The molecule has 1 aromatic carbocycles. The lowest BCUT2D eigenvalue weighted by Gasteiger charge is -2.25. The monoisotopic (exact) mass is 281 g/mol. The first kappa shape index (κ1) is 14.1. The van der Waals surface area contributed by atoms with Crippen LogP contribution in [0.2, 0.25) is 0 Å². The molecule has 1 aliphatic rings. The summed E-state index contributed by atoms with van der Waals surface area (Å²) in [5, 5.41) is 0.0255. The average Bonchev–Trinajstić information content (AvgIpc) is 2.94. The van der Waals surface area contributed by atoms with Crippen LogP contribution in [0.15, 0.2) is 18.2 Å². The van der Waals surface area contributed by atoms with E-state index in [0.717, 1.165) is 29.4 Å². The van der Waals surface area contributed by atoms with Crippen LogP contribution in [0.4, 0.5) is 0 Å². The number of thioether (sulfide) groups is 1. The minimum atomic E-state index is 0.0255. The number of carbonyl (C=O) groups excluding carboxylic acids is 1. The summed E-state index contributed by atoms with van der Waals surface area (Å²) in [6.07, 6.45) is 0.531. The molecule has 5 heteroatoms. The lowest BCUT2D eigenvalue weighted by atomic mass is 10.1. The molecule has 1 atom stereocenters. The van der Waals surface area contributed by atoms with Crippen molar-refractivity contribution in [3.63, 3.8) is 0 Å². The van der Waals surface area contributed by atoms with E-state index < -0.39 is 0 Å². The second kappa shape index (κ2) is 6.19. The largest absolute Gasteiger partial charge is 0.497 e. The van der Waals surface area contributed by atoms with Gasteiger partial charge in [-0.2, -0.15) is 0 Å². The number of benzene rings is 1. The molecule has 19 heavy (non-hydrogen) atoms. The molecule has 0 N–H and O–H groups in total. The number of methoxy groups -OCH3 is 2. The highest BCUT2D eigenvalue weighted by Gasteiger charge is 2.31. The average molecular weight is 281 g/mol. The van der Waals surface area contributed by atoms with Crippen LogP contribution in [0.3, 0.4) is 0 Å². The smallest absolute Gasteiger partial charge is 0.223 e. The van der Waals surface area contributed by atoms with Gasteiger partial charge in [0.05, 0.1) is 14.2 Å². The quantitative estimate of drug-likeness (QED) is 0.850. The summed E-state index contributed by atoms with van der Waals surface area (Å²) >= 11 is 1.77. The summed E-state index contributed by atoms with van der Waals surface area (Å²) in [6, 6.07) is 5.72. The summed E-state index contributed by atoms with van der Waals surface area (Å²) in [5.41, 5.74) is 1.01. The highest BCUT2D eigenvalue weighted by atomic mass is 32.2. The van der Waals surface area contributed by atoms with Gasteiger partial charge in [-0.3, -0.25) is 4.79 Å². The van der Waals surface area contributed by atoms with Crippen molar-refractivity contribution in [2.75, 3.05) is 26.5 Å². The molecule has 104 valence electrons. The summed E-state index contributed by atoms with van der Waals surface area (Å²) in [6.45, 7) is 2.69. The van der Waals surface area contributed by atoms with Crippen LogP contribution in [0.1, 0.15) is 24.3 Å². The molecule has 1 aliphatic heterocycles. The molecule has 0 unspecified atom stereocenters. The van der Waals surface area contributed by atoms with Crippen molar-refractivity contribution in [3.8, 4) is 11.5 Å². The molecule has 0 radical (unpaired) electrons. The molecule has 1 amide bonds. The predicted molar refractivity (Wildman–Crippen MR) is 76.7 cm³/mol. The Morgan fingerprint density at radius 3 is 2.84 bits per heavy atom. The third kappa shape index (κ3) is 2.81. The van der Waals surface area contributed by atoms with E-state index >= 15 is 0 Å². The van der Waals surface area contributed by atoms with Crippen LogP contribution in [-0.4, -0.2) is 37.3 Å². The zero-order valence-corrected chi connectivity index (χ0v) is 12.3. The summed E-state index contributed by atoms with van der Waals surface area (Å²) in [7, 11) is 3.29. The summed E-state index contributed by atoms with van der Waals surface area (Å²) in [5.74, 6) is 2.72. The number of amides is 1. The first-order valence-corrected chi connectivity index (χ1v) is 7.39. The van der Waals surface area contributed by atoms with Crippen molar-refractivity contribution in [1.82, 2.24) is 4.90 Å². The summed E-state index contributed by atoms with van der Waals surface area (Å²) in [4.78, 5) is 13.9. The Balaban J connectivity index is 2.36. The predicted octanol–water partition coefficient (Wildman–Crippen LogP) is 2.69. The van der Waals surface area contributed by atoms with Crippen LogP contribution in [0, 0.1) is 0 Å². The highest BCUT2D eigenvalue weighted by molar-refractivity contribution is 7.99. The Kier molecular flexibility index (Phi) is 4.58. The van der Waals surface area contributed by atoms with Gasteiger partial charge in [0.15, 0.2) is 0 Å². The third-order valence-corrected chi connectivity index (χ3v) is 4.46. The van der Waals surface area contributed by atoms with Gasteiger partial charge in [0.1, 0.15) is 16.9 Å². The second-order valence-corrected chi connectivity index (χ2v) is 5.46. The van der Waals surface area contributed by atoms with Gasteiger partial charge < -0.3 is 14.4 Å². The molecule has 0 bridgehead atoms. The molecular weight excluding hydrogens is 262 g/mol. The Morgan fingerprint density at radius 2 is 2.21 bits per heavy atom. The van der Waals surface area contributed by atoms with Gasteiger partial charge in [-0.15, -0.1) is 11.8 Å². The number of hydrogen-bond acceptors (Lipinski definition) is 4. The molecule has 0 saturated carbocycles. The maximum absolute atomic E-state index is 12.0. The van der Waals surface area contributed by atoms with Crippen molar-refractivity contribution in [2.45, 2.75) is 18.7 Å². The highest BCUT2D eigenvalue weighted by Crippen LogP contribution is 2.43. The fraction of sp³-hybridized carbons (Fsp3) is 0.500. The molecule has 1 aromatic rings. The third-order valence-electron chi connectivity index (χ3n) is 3.22. The van der Waals surface area contributed by atoms with Crippen LogP contribution in [0.5, 0.6) is 11.5 Å². The Hall–Kier alpha value is -1.36. The van der Waals surface area contributed by atoms with Gasteiger partial charge in [-0.25, -0.2) is 0 Å². The number of nitrogens with zero attached hydrogens (tertiary/aromatic N) is 1. The zero-order chi connectivity index (χ0) is 13.8. The van der Waals surface area contributed by atoms with Crippen molar-refractivity contribution >= 4 is 17.7 Å². The Morgan fingerprint density at radius 1 is 1.42 bits per heavy atom. The molecule has 0 aromatic heterocycles. The van der Waals surface area contributed by atoms with Gasteiger partial charge in [0.25, 0.3) is 0 Å². The Labute approximate surface area is 118 Å². The molecule has 4 nitrogen and oxygen atoms in total. The van der Waals surface area contributed by atoms with Crippen LogP contribution in [-0.2, 0) is 4.79 Å². The lowest BCUT2D eigenvalue weighted by molar-refractivity contribution is -0.131. The molecular formula is C14H19NO3S. The molecule has 1 saturated heterocycles. The number of rotatable bonds is 4. The van der Waals surface area contributed by atoms with Gasteiger partial charge in [-0.1, -0.05) is 6.92 Å². The first-order chi connectivity index (χ1) is 9.21. The van der Waals surface area contributed by atoms with E-state index in [9.17, 15) is 4.79 Å². The van der Waals surface area contributed by atoms with Gasteiger partial charge >= 0.3 is 0 Å². The van der Waals surface area contributed by atoms with E-state index in [1.54, 1.807) is 26.0 Å². The maximum atomic E-state index is 12.0. The summed E-state index contributed by atoms with van der Waals surface area (Å²) < 4.78 is 10.7. The molecule has 0 spiro atoms. The fourth-order valence-corrected chi connectivity index (χ4v) is 3.51. The maximum Gasteiger partial charge on any atom is 0.223 e. The number of ether oxygens (including phenoxy) is 2. The fourth-order valence-electron chi connectivity index (χ4n) is 2.22. The molecule has 2 rings (SSSR count). The van der Waals surface area contributed by atoms with E-state index in [1.165, 1.54) is 0 Å². The topological polar surface area (TPSA) is 38.8 Å². The molecule has 1 heterocycles. The first-order valence-electron chi connectivity index (χ1n) is 6.34. The van der Waals surface area contributed by atoms with Crippen molar-refractivity contribution in [1.29, 1.82) is 0 Å². The van der Waals surface area contributed by atoms with Crippen LogP contribution >= 0.6 is 11.8 Å². The number of hydrogen-bond donors (Lipinski definition) is 0. The lowest BCUT2D eigenvalue weighted by Crippen LogP contribution is -2.29. The zero-order valence-electron chi connectivity index (χ0n) is 11.5. The van der Waals surface area contributed by atoms with Crippen LogP contribution < -0.4 is 9.47 Å². The van der Waals surface area contributed by atoms with Crippen molar-refractivity contribution in [3.05, 3.63) is 23.8 Å². The SMILES string of the molecule is CCC(=O)N1CCS[C@@H]1c1cc(OC)ccc1OC. The van der Waals surface area contributed by atoms with Gasteiger partial charge in [0, 0.05) is 24.3 Å². The van der Waals surface area contributed by atoms with E-state index in [4.69, 9.17) is 9.47 Å². The minimum absolute atomic E-state index is 0.0255. The second-order valence-electron chi connectivity index (χ2n) is 4.27. The van der Waals surface area contributed by atoms with Crippen molar-refractivity contribution in [2.24, 2.45) is 0 Å². The normalized spacial score (nSPS) is 18.5. The van der Waals surface area contributed by atoms with E-state index in [-0.39, 0.29) is 11.3 Å².